The number of likely N-dealkylation sites (N-methyl/N-ethyl adjacent to an activating group) is 1. The van der Waals surface area contributed by atoms with Crippen molar-refractivity contribution in [3.05, 3.63) is 34.3 Å². The summed E-state index contributed by atoms with van der Waals surface area (Å²) in [5.41, 5.74) is 7.42. The number of halogens is 1. The Hall–Kier alpha value is -0.380. The molecule has 0 aliphatic heterocycles. The van der Waals surface area contributed by atoms with Crippen molar-refractivity contribution in [1.29, 1.82) is 0 Å². The maximum absolute atomic E-state index is 6.03. The highest BCUT2D eigenvalue weighted by molar-refractivity contribution is 9.10. The molecule has 108 valence electrons. The van der Waals surface area contributed by atoms with E-state index in [1.165, 1.54) is 16.5 Å². The highest BCUT2D eigenvalue weighted by atomic mass is 79.9. The molecule has 0 fully saturated rings. The van der Waals surface area contributed by atoms with E-state index in [0.29, 0.717) is 6.54 Å². The highest BCUT2D eigenvalue weighted by Gasteiger charge is 2.27. The first-order valence-corrected chi connectivity index (χ1v) is 7.83. The first kappa shape index (κ1) is 16.7. The molecule has 0 amide bonds. The Balaban J connectivity index is 2.73. The van der Waals surface area contributed by atoms with E-state index in [1.807, 2.05) is 0 Å². The van der Waals surface area contributed by atoms with E-state index in [0.717, 1.165) is 18.9 Å². The lowest BCUT2D eigenvalue weighted by atomic mass is 9.90. The van der Waals surface area contributed by atoms with Gasteiger partial charge < -0.3 is 5.73 Å². The summed E-state index contributed by atoms with van der Waals surface area (Å²) in [6.07, 6.45) is 2.36. The lowest BCUT2D eigenvalue weighted by Crippen LogP contribution is -2.49. The monoisotopic (exact) mass is 326 g/mol. The molecular formula is C16H27BrN2. The first-order valence-electron chi connectivity index (χ1n) is 7.04. The molecule has 1 aromatic rings. The Labute approximate surface area is 126 Å². The smallest absolute Gasteiger partial charge is 0.0304 e. The Bertz CT molecular complexity index is 392. The molecule has 0 saturated carbocycles. The minimum absolute atomic E-state index is 0.0690. The standard InChI is InChI=1S/C16H27BrN2/c1-13(2)9-10-16(3,12-18)19(4)11-14-7-5-6-8-15(14)17/h5-8,13H,9-12,18H2,1-4H3. The van der Waals surface area contributed by atoms with Crippen LogP contribution in [0.25, 0.3) is 0 Å². The molecule has 0 bridgehead atoms. The molecule has 0 heterocycles. The van der Waals surface area contributed by atoms with Crippen LogP contribution in [-0.4, -0.2) is 24.0 Å². The van der Waals surface area contributed by atoms with Crippen molar-refractivity contribution in [2.75, 3.05) is 13.6 Å². The van der Waals surface area contributed by atoms with E-state index in [1.54, 1.807) is 0 Å². The minimum Gasteiger partial charge on any atom is -0.329 e. The number of hydrogen-bond donors (Lipinski definition) is 1. The van der Waals surface area contributed by atoms with E-state index >= 15 is 0 Å². The molecule has 0 radical (unpaired) electrons. The summed E-state index contributed by atoms with van der Waals surface area (Å²) in [5, 5.41) is 0. The van der Waals surface area contributed by atoms with Crippen molar-refractivity contribution >= 4 is 15.9 Å². The van der Waals surface area contributed by atoms with Gasteiger partial charge in [-0.2, -0.15) is 0 Å². The van der Waals surface area contributed by atoms with E-state index in [2.05, 4.69) is 72.9 Å². The zero-order chi connectivity index (χ0) is 14.5. The molecule has 3 heteroatoms. The van der Waals surface area contributed by atoms with Crippen molar-refractivity contribution in [3.63, 3.8) is 0 Å². The van der Waals surface area contributed by atoms with Gasteiger partial charge in [-0.1, -0.05) is 48.0 Å². The SMILES string of the molecule is CC(C)CCC(C)(CN)N(C)Cc1ccccc1Br. The fraction of sp³-hybridized carbons (Fsp3) is 0.625. The molecule has 19 heavy (non-hydrogen) atoms. The lowest BCUT2D eigenvalue weighted by Gasteiger charge is -2.39. The second-order valence-electron chi connectivity index (χ2n) is 6.08. The van der Waals surface area contributed by atoms with Crippen molar-refractivity contribution in [2.24, 2.45) is 11.7 Å². The molecule has 0 spiro atoms. The Morgan fingerprint density at radius 1 is 1.32 bits per heavy atom. The van der Waals surface area contributed by atoms with E-state index in [4.69, 9.17) is 5.73 Å². The molecule has 0 aliphatic rings. The normalized spacial score (nSPS) is 14.9. The average Bonchev–Trinajstić information content (AvgIpc) is 2.38. The molecule has 0 aromatic heterocycles. The summed E-state index contributed by atoms with van der Waals surface area (Å²) in [7, 11) is 2.17. The first-order chi connectivity index (χ1) is 8.89. The van der Waals surface area contributed by atoms with Crippen molar-refractivity contribution < 1.29 is 0 Å². The number of nitrogens with zero attached hydrogens (tertiary/aromatic N) is 1. The van der Waals surface area contributed by atoms with E-state index < -0.39 is 0 Å². The molecular weight excluding hydrogens is 300 g/mol. The summed E-state index contributed by atoms with van der Waals surface area (Å²) in [4.78, 5) is 2.38. The molecule has 0 aliphatic carbocycles. The van der Waals surface area contributed by atoms with Gasteiger partial charge in [-0.25, -0.2) is 0 Å². The van der Waals surface area contributed by atoms with Gasteiger partial charge in [0.1, 0.15) is 0 Å². The Morgan fingerprint density at radius 2 is 1.95 bits per heavy atom. The van der Waals surface area contributed by atoms with Crippen LogP contribution in [0.3, 0.4) is 0 Å². The van der Waals surface area contributed by atoms with Crippen LogP contribution in [0.4, 0.5) is 0 Å². The average molecular weight is 327 g/mol. The largest absolute Gasteiger partial charge is 0.329 e. The second-order valence-corrected chi connectivity index (χ2v) is 6.94. The second kappa shape index (κ2) is 7.41. The quantitative estimate of drug-likeness (QED) is 0.819. The molecule has 1 rings (SSSR count). The number of benzene rings is 1. The fourth-order valence-corrected chi connectivity index (χ4v) is 2.53. The van der Waals surface area contributed by atoms with Gasteiger partial charge in [0.25, 0.3) is 0 Å². The number of hydrogen-bond acceptors (Lipinski definition) is 2. The molecule has 2 nitrogen and oxygen atoms in total. The van der Waals surface area contributed by atoms with Crippen molar-refractivity contribution in [3.8, 4) is 0 Å². The predicted molar refractivity (Wildman–Crippen MR) is 87.1 cm³/mol. The van der Waals surface area contributed by atoms with Gasteiger partial charge >= 0.3 is 0 Å². The third kappa shape index (κ3) is 4.90. The topological polar surface area (TPSA) is 29.3 Å². The van der Waals surface area contributed by atoms with Gasteiger partial charge in [-0.15, -0.1) is 0 Å². The molecule has 1 aromatic carbocycles. The van der Waals surface area contributed by atoms with Crippen LogP contribution in [-0.2, 0) is 6.54 Å². The number of rotatable bonds is 7. The Kier molecular flexibility index (Phi) is 6.51. The van der Waals surface area contributed by atoms with Crippen LogP contribution in [0.15, 0.2) is 28.7 Å². The summed E-state index contributed by atoms with van der Waals surface area (Å²) in [6.45, 7) is 8.43. The Morgan fingerprint density at radius 3 is 2.47 bits per heavy atom. The van der Waals surface area contributed by atoms with Crippen LogP contribution in [0.5, 0.6) is 0 Å². The van der Waals surface area contributed by atoms with E-state index in [-0.39, 0.29) is 5.54 Å². The summed E-state index contributed by atoms with van der Waals surface area (Å²) in [5.74, 6) is 0.725. The van der Waals surface area contributed by atoms with Crippen LogP contribution >= 0.6 is 15.9 Å². The minimum atomic E-state index is 0.0690. The van der Waals surface area contributed by atoms with Crippen LogP contribution in [0, 0.1) is 5.92 Å². The third-order valence-electron chi connectivity index (χ3n) is 3.99. The van der Waals surface area contributed by atoms with Gasteiger partial charge in [0.15, 0.2) is 0 Å². The van der Waals surface area contributed by atoms with Gasteiger partial charge in [-0.05, 0) is 44.4 Å². The van der Waals surface area contributed by atoms with Crippen LogP contribution in [0.1, 0.15) is 39.2 Å². The summed E-state index contributed by atoms with van der Waals surface area (Å²) < 4.78 is 1.17. The van der Waals surface area contributed by atoms with Crippen molar-refractivity contribution in [1.82, 2.24) is 4.90 Å². The zero-order valence-corrected chi connectivity index (χ0v) is 14.2. The van der Waals surface area contributed by atoms with Crippen molar-refractivity contribution in [2.45, 2.75) is 45.7 Å². The molecule has 2 N–H and O–H groups in total. The van der Waals surface area contributed by atoms with Gasteiger partial charge in [0.05, 0.1) is 0 Å². The molecule has 1 atom stereocenters. The van der Waals surface area contributed by atoms with Crippen LogP contribution in [0.2, 0.25) is 0 Å². The zero-order valence-electron chi connectivity index (χ0n) is 12.6. The third-order valence-corrected chi connectivity index (χ3v) is 4.76. The highest BCUT2D eigenvalue weighted by Crippen LogP contribution is 2.25. The number of nitrogens with two attached hydrogens (primary N) is 1. The summed E-state index contributed by atoms with van der Waals surface area (Å²) >= 11 is 3.62. The predicted octanol–water partition coefficient (Wildman–Crippen LogP) is 4.03. The van der Waals surface area contributed by atoms with Crippen LogP contribution < -0.4 is 5.73 Å². The summed E-state index contributed by atoms with van der Waals surface area (Å²) in [6, 6.07) is 8.40. The molecule has 0 saturated heterocycles. The van der Waals surface area contributed by atoms with Gasteiger partial charge in [0.2, 0.25) is 0 Å². The molecule has 1 unspecified atom stereocenters. The maximum Gasteiger partial charge on any atom is 0.0304 e. The maximum atomic E-state index is 6.03. The lowest BCUT2D eigenvalue weighted by molar-refractivity contribution is 0.119. The van der Waals surface area contributed by atoms with E-state index in [9.17, 15) is 0 Å². The fourth-order valence-electron chi connectivity index (χ4n) is 2.12. The van der Waals surface area contributed by atoms with Gasteiger partial charge in [0, 0.05) is 23.1 Å². The van der Waals surface area contributed by atoms with Gasteiger partial charge in [-0.3, -0.25) is 4.90 Å².